The van der Waals surface area contributed by atoms with Gasteiger partial charge >= 0.3 is 5.91 Å². The lowest BCUT2D eigenvalue weighted by Crippen LogP contribution is -2.34. The van der Waals surface area contributed by atoms with Gasteiger partial charge in [-0.15, -0.1) is 0 Å². The molecule has 0 spiro atoms. The number of thiocarbonyl (C=S) groups is 1. The number of para-hydroxylation sites is 2. The van der Waals surface area contributed by atoms with E-state index in [0.717, 1.165) is 5.56 Å². The maximum Gasteiger partial charge on any atom is 0.313 e. The van der Waals surface area contributed by atoms with E-state index in [0.29, 0.717) is 29.1 Å². The summed E-state index contributed by atoms with van der Waals surface area (Å²) in [5.41, 5.74) is 2.92. The van der Waals surface area contributed by atoms with E-state index >= 15 is 0 Å². The van der Waals surface area contributed by atoms with Crippen LogP contribution < -0.4 is 15.4 Å². The fourth-order valence-corrected chi connectivity index (χ4v) is 2.90. The van der Waals surface area contributed by atoms with Crippen molar-refractivity contribution in [3.63, 3.8) is 0 Å². The van der Waals surface area contributed by atoms with E-state index < -0.39 is 5.91 Å². The Bertz CT molecular complexity index is 1130. The van der Waals surface area contributed by atoms with E-state index in [1.807, 2.05) is 60.7 Å². The number of benzene rings is 3. The summed E-state index contributed by atoms with van der Waals surface area (Å²) < 4.78 is 11.2. The average molecular weight is 403 g/mol. The van der Waals surface area contributed by atoms with Crippen molar-refractivity contribution in [2.24, 2.45) is 0 Å². The summed E-state index contributed by atoms with van der Waals surface area (Å²) >= 11 is 5.22. The molecule has 144 valence electrons. The van der Waals surface area contributed by atoms with E-state index in [1.54, 1.807) is 18.2 Å². The Balaban J connectivity index is 1.36. The maximum atomic E-state index is 12.3. The second kappa shape index (κ2) is 8.53. The number of hydrogen-bond acceptors (Lipinski definition) is 5. The van der Waals surface area contributed by atoms with Gasteiger partial charge in [-0.1, -0.05) is 48.5 Å². The Hall–Kier alpha value is -3.71. The van der Waals surface area contributed by atoms with E-state index in [9.17, 15) is 4.79 Å². The zero-order valence-corrected chi connectivity index (χ0v) is 16.1. The third-order valence-electron chi connectivity index (χ3n) is 4.06. The van der Waals surface area contributed by atoms with Crippen molar-refractivity contribution in [3.05, 3.63) is 90.3 Å². The van der Waals surface area contributed by atoms with E-state index in [4.69, 9.17) is 21.4 Å². The predicted molar refractivity (Wildman–Crippen MR) is 115 cm³/mol. The number of ether oxygens (including phenoxy) is 1. The number of nitrogens with one attached hydrogen (secondary N) is 2. The topological polar surface area (TPSA) is 76.4 Å². The van der Waals surface area contributed by atoms with Crippen LogP contribution in [-0.4, -0.2) is 16.0 Å². The number of carbonyl (C=O) groups is 1. The molecule has 0 atom stereocenters. The first-order valence-electron chi connectivity index (χ1n) is 8.92. The number of nitrogens with zero attached hydrogens (tertiary/aromatic N) is 1. The van der Waals surface area contributed by atoms with Gasteiger partial charge in [0.1, 0.15) is 17.9 Å². The molecule has 0 saturated carbocycles. The second-order valence-corrected chi connectivity index (χ2v) is 6.61. The Morgan fingerprint density at radius 3 is 2.62 bits per heavy atom. The van der Waals surface area contributed by atoms with Crippen LogP contribution in [0.4, 0.5) is 5.69 Å². The van der Waals surface area contributed by atoms with E-state index in [2.05, 4.69) is 15.6 Å². The molecule has 0 aliphatic carbocycles. The molecule has 3 aromatic carbocycles. The molecule has 0 aliphatic rings. The average Bonchev–Trinajstić information content (AvgIpc) is 3.18. The number of fused-ring (bicyclic) bond motifs is 1. The number of carbonyl (C=O) groups excluding carboxylic acids is 1. The molecule has 1 aromatic heterocycles. The molecule has 0 fully saturated rings. The highest BCUT2D eigenvalue weighted by molar-refractivity contribution is 7.80. The number of rotatable bonds is 5. The van der Waals surface area contributed by atoms with Crippen molar-refractivity contribution in [1.29, 1.82) is 0 Å². The lowest BCUT2D eigenvalue weighted by atomic mass is 10.2. The molecule has 0 saturated heterocycles. The molecule has 2 N–H and O–H groups in total. The van der Waals surface area contributed by atoms with Gasteiger partial charge in [0.2, 0.25) is 0 Å². The standard InChI is InChI=1S/C22H17N3O3S/c26-20(21-24-18-11-4-5-12-19(18)28-21)25-22(29)23-16-9-6-10-17(13-16)27-14-15-7-2-1-3-8-15/h1-13H,14H2,(H2,23,25,26,29). The first kappa shape index (κ1) is 18.6. The molecule has 6 nitrogen and oxygen atoms in total. The molecule has 1 heterocycles. The molecular formula is C22H17N3O3S. The molecule has 4 aromatic rings. The van der Waals surface area contributed by atoms with Crippen molar-refractivity contribution < 1.29 is 13.9 Å². The summed E-state index contributed by atoms with van der Waals surface area (Å²) in [6.45, 7) is 0.462. The fraction of sp³-hybridized carbons (Fsp3) is 0.0455. The molecule has 29 heavy (non-hydrogen) atoms. The Morgan fingerprint density at radius 1 is 1.00 bits per heavy atom. The zero-order valence-electron chi connectivity index (χ0n) is 15.3. The van der Waals surface area contributed by atoms with Crippen LogP contribution in [0.3, 0.4) is 0 Å². The van der Waals surface area contributed by atoms with Gasteiger partial charge in [-0.2, -0.15) is 0 Å². The SMILES string of the molecule is O=C(NC(=S)Nc1cccc(OCc2ccccc2)c1)c1nc2ccccc2o1. The third-order valence-corrected chi connectivity index (χ3v) is 4.26. The van der Waals surface area contributed by atoms with Gasteiger partial charge in [0, 0.05) is 11.8 Å². The van der Waals surface area contributed by atoms with Gasteiger partial charge in [0.05, 0.1) is 0 Å². The smallest absolute Gasteiger partial charge is 0.313 e. The number of hydrogen-bond donors (Lipinski definition) is 2. The molecule has 1 amide bonds. The van der Waals surface area contributed by atoms with Gasteiger partial charge in [-0.3, -0.25) is 10.1 Å². The van der Waals surface area contributed by atoms with Crippen LogP contribution in [0.25, 0.3) is 11.1 Å². The van der Waals surface area contributed by atoms with Gasteiger partial charge in [-0.05, 0) is 42.0 Å². The van der Waals surface area contributed by atoms with E-state index in [1.165, 1.54) is 0 Å². The number of aromatic nitrogens is 1. The molecule has 7 heteroatoms. The van der Waals surface area contributed by atoms with Crippen molar-refractivity contribution >= 4 is 40.0 Å². The Labute approximate surface area is 172 Å². The van der Waals surface area contributed by atoms with Gasteiger partial charge in [0.15, 0.2) is 10.7 Å². The number of anilines is 1. The molecule has 0 bridgehead atoms. The summed E-state index contributed by atoms with van der Waals surface area (Å²) in [5.74, 6) is 0.123. The monoisotopic (exact) mass is 403 g/mol. The largest absolute Gasteiger partial charge is 0.489 e. The lowest BCUT2D eigenvalue weighted by Gasteiger charge is -2.11. The van der Waals surface area contributed by atoms with E-state index in [-0.39, 0.29) is 11.0 Å². The van der Waals surface area contributed by atoms with Crippen molar-refractivity contribution in [2.75, 3.05) is 5.32 Å². The number of amides is 1. The minimum atomic E-state index is -0.518. The highest BCUT2D eigenvalue weighted by Gasteiger charge is 2.15. The van der Waals surface area contributed by atoms with Crippen LogP contribution in [0, 0.1) is 0 Å². The summed E-state index contributed by atoms with van der Waals surface area (Å²) in [5, 5.41) is 5.67. The molecule has 4 rings (SSSR count). The molecular weight excluding hydrogens is 386 g/mol. The summed E-state index contributed by atoms with van der Waals surface area (Å²) in [6.07, 6.45) is 0. The normalized spacial score (nSPS) is 10.5. The van der Waals surface area contributed by atoms with Gasteiger partial charge in [-0.25, -0.2) is 4.98 Å². The van der Waals surface area contributed by atoms with Crippen LogP contribution in [-0.2, 0) is 6.61 Å². The molecule has 0 aliphatic heterocycles. The Morgan fingerprint density at radius 2 is 1.79 bits per heavy atom. The number of oxazole rings is 1. The molecule has 0 radical (unpaired) electrons. The lowest BCUT2D eigenvalue weighted by molar-refractivity contribution is 0.0946. The first-order chi connectivity index (χ1) is 14.2. The maximum absolute atomic E-state index is 12.3. The highest BCUT2D eigenvalue weighted by atomic mass is 32.1. The Kier molecular flexibility index (Phi) is 5.49. The summed E-state index contributed by atoms with van der Waals surface area (Å²) in [4.78, 5) is 16.5. The molecule has 0 unspecified atom stereocenters. The zero-order chi connectivity index (χ0) is 20.1. The fourth-order valence-electron chi connectivity index (χ4n) is 2.69. The van der Waals surface area contributed by atoms with Crippen LogP contribution in [0.15, 0.2) is 83.3 Å². The van der Waals surface area contributed by atoms with Gasteiger partial charge in [0.25, 0.3) is 5.89 Å². The van der Waals surface area contributed by atoms with Gasteiger partial charge < -0.3 is 14.5 Å². The third kappa shape index (κ3) is 4.77. The summed E-state index contributed by atoms with van der Waals surface area (Å²) in [7, 11) is 0. The quantitative estimate of drug-likeness (QED) is 0.477. The van der Waals surface area contributed by atoms with Crippen LogP contribution >= 0.6 is 12.2 Å². The van der Waals surface area contributed by atoms with Crippen LogP contribution in [0.5, 0.6) is 5.75 Å². The van der Waals surface area contributed by atoms with Crippen molar-refractivity contribution in [2.45, 2.75) is 6.61 Å². The van der Waals surface area contributed by atoms with Crippen molar-refractivity contribution in [1.82, 2.24) is 10.3 Å². The minimum Gasteiger partial charge on any atom is -0.489 e. The minimum absolute atomic E-state index is 0.0460. The predicted octanol–water partition coefficient (Wildman–Crippen LogP) is 4.53. The van der Waals surface area contributed by atoms with Crippen molar-refractivity contribution in [3.8, 4) is 5.75 Å². The van der Waals surface area contributed by atoms with Crippen LogP contribution in [0.1, 0.15) is 16.2 Å². The second-order valence-electron chi connectivity index (χ2n) is 6.20. The van der Waals surface area contributed by atoms with Crippen LogP contribution in [0.2, 0.25) is 0 Å². The summed E-state index contributed by atoms with van der Waals surface area (Å²) in [6, 6.07) is 24.4. The highest BCUT2D eigenvalue weighted by Crippen LogP contribution is 2.19. The first-order valence-corrected chi connectivity index (χ1v) is 9.33.